The van der Waals surface area contributed by atoms with Gasteiger partial charge in [-0.3, -0.25) is 9.59 Å². The molecule has 32 heavy (non-hydrogen) atoms. The number of amides is 2. The minimum absolute atomic E-state index is 0.00633. The molecule has 7 heteroatoms. The zero-order chi connectivity index (χ0) is 22.7. The molecule has 4 rings (SSSR count). The largest absolute Gasteiger partial charge is 0.336 e. The average Bonchev–Trinajstić information content (AvgIpc) is 3.20. The van der Waals surface area contributed by atoms with E-state index in [2.05, 4.69) is 35.3 Å². The highest BCUT2D eigenvalue weighted by Gasteiger charge is 2.30. The summed E-state index contributed by atoms with van der Waals surface area (Å²) in [5.41, 5.74) is 2.90. The van der Waals surface area contributed by atoms with Crippen LogP contribution >= 0.6 is 0 Å². The Balaban J connectivity index is 1.42. The van der Waals surface area contributed by atoms with E-state index in [4.69, 9.17) is 0 Å². The number of nitrogens with one attached hydrogen (secondary N) is 1. The molecule has 3 aromatic rings. The fourth-order valence-corrected chi connectivity index (χ4v) is 4.13. The van der Waals surface area contributed by atoms with E-state index < -0.39 is 0 Å². The molecule has 0 unspecified atom stereocenters. The maximum absolute atomic E-state index is 13.1. The Hall–Kier alpha value is -3.48. The van der Waals surface area contributed by atoms with Crippen molar-refractivity contribution in [1.29, 1.82) is 0 Å². The number of benzene rings is 2. The minimum Gasteiger partial charge on any atom is -0.336 e. The SMILES string of the molecule is Cc1nc(C(=O)N2CCC(C(=O)Nc3ccccc3)CC2)nn1-c1ccccc1C(C)C. The Morgan fingerprint density at radius 1 is 1.00 bits per heavy atom. The van der Waals surface area contributed by atoms with Gasteiger partial charge in [-0.1, -0.05) is 50.2 Å². The Bertz CT molecular complexity index is 1100. The van der Waals surface area contributed by atoms with Gasteiger partial charge < -0.3 is 10.2 Å². The number of carbonyl (C=O) groups excluding carboxylic acids is 2. The smallest absolute Gasteiger partial charge is 0.293 e. The van der Waals surface area contributed by atoms with E-state index in [0.29, 0.717) is 37.7 Å². The highest BCUT2D eigenvalue weighted by atomic mass is 16.2. The van der Waals surface area contributed by atoms with Crippen molar-refractivity contribution in [2.45, 2.75) is 39.5 Å². The Morgan fingerprint density at radius 2 is 1.66 bits per heavy atom. The van der Waals surface area contributed by atoms with Crippen LogP contribution < -0.4 is 5.32 Å². The molecule has 1 saturated heterocycles. The minimum atomic E-state index is -0.184. The van der Waals surface area contributed by atoms with Crippen LogP contribution in [0.4, 0.5) is 5.69 Å². The van der Waals surface area contributed by atoms with Crippen molar-refractivity contribution in [2.24, 2.45) is 5.92 Å². The summed E-state index contributed by atoms with van der Waals surface area (Å²) in [4.78, 5) is 31.8. The van der Waals surface area contributed by atoms with Crippen LogP contribution in [0, 0.1) is 12.8 Å². The van der Waals surface area contributed by atoms with Gasteiger partial charge in [0.15, 0.2) is 0 Å². The molecule has 1 aromatic heterocycles. The van der Waals surface area contributed by atoms with Crippen molar-refractivity contribution in [3.8, 4) is 5.69 Å². The van der Waals surface area contributed by atoms with E-state index in [9.17, 15) is 9.59 Å². The van der Waals surface area contributed by atoms with Gasteiger partial charge in [-0.2, -0.15) is 0 Å². The number of hydrogen-bond donors (Lipinski definition) is 1. The van der Waals surface area contributed by atoms with Crippen molar-refractivity contribution >= 4 is 17.5 Å². The van der Waals surface area contributed by atoms with Crippen LogP contribution in [0.5, 0.6) is 0 Å². The summed E-state index contributed by atoms with van der Waals surface area (Å²) in [5.74, 6) is 0.925. The Kier molecular flexibility index (Phi) is 6.35. The lowest BCUT2D eigenvalue weighted by Crippen LogP contribution is -2.41. The number of piperidine rings is 1. The normalized spacial score (nSPS) is 14.6. The van der Waals surface area contributed by atoms with Crippen LogP contribution in [0.25, 0.3) is 5.69 Å². The number of likely N-dealkylation sites (tertiary alicyclic amines) is 1. The van der Waals surface area contributed by atoms with Crippen molar-refractivity contribution < 1.29 is 9.59 Å². The van der Waals surface area contributed by atoms with Gasteiger partial charge in [0, 0.05) is 24.7 Å². The number of nitrogens with zero attached hydrogens (tertiary/aromatic N) is 4. The van der Waals surface area contributed by atoms with E-state index >= 15 is 0 Å². The molecule has 0 atom stereocenters. The number of anilines is 1. The predicted molar refractivity (Wildman–Crippen MR) is 124 cm³/mol. The first-order valence-corrected chi connectivity index (χ1v) is 11.1. The maximum Gasteiger partial charge on any atom is 0.293 e. The fourth-order valence-electron chi connectivity index (χ4n) is 4.13. The molecule has 0 bridgehead atoms. The van der Waals surface area contributed by atoms with Crippen molar-refractivity contribution in [3.63, 3.8) is 0 Å². The summed E-state index contributed by atoms with van der Waals surface area (Å²) in [6.45, 7) is 7.16. The molecule has 0 aliphatic carbocycles. The second-order valence-corrected chi connectivity index (χ2v) is 8.53. The first-order chi connectivity index (χ1) is 15.4. The van der Waals surface area contributed by atoms with Crippen molar-refractivity contribution in [2.75, 3.05) is 18.4 Å². The monoisotopic (exact) mass is 431 g/mol. The van der Waals surface area contributed by atoms with Crippen LogP contribution in [0.1, 0.15) is 54.6 Å². The molecule has 1 N–H and O–H groups in total. The molecule has 0 saturated carbocycles. The molecular formula is C25H29N5O2. The molecule has 1 aliphatic heterocycles. The van der Waals surface area contributed by atoms with Gasteiger partial charge in [0.1, 0.15) is 5.82 Å². The van der Waals surface area contributed by atoms with Gasteiger partial charge in [-0.25, -0.2) is 9.67 Å². The lowest BCUT2D eigenvalue weighted by Gasteiger charge is -2.30. The van der Waals surface area contributed by atoms with Crippen molar-refractivity contribution in [1.82, 2.24) is 19.7 Å². The van der Waals surface area contributed by atoms with E-state index in [-0.39, 0.29) is 23.6 Å². The van der Waals surface area contributed by atoms with E-state index in [1.165, 1.54) is 0 Å². The summed E-state index contributed by atoms with van der Waals surface area (Å²) in [7, 11) is 0. The van der Waals surface area contributed by atoms with Gasteiger partial charge in [0.05, 0.1) is 5.69 Å². The van der Waals surface area contributed by atoms with Crippen molar-refractivity contribution in [3.05, 3.63) is 71.8 Å². The molecule has 1 fully saturated rings. The maximum atomic E-state index is 13.1. The number of carbonyl (C=O) groups is 2. The zero-order valence-electron chi connectivity index (χ0n) is 18.8. The quantitative estimate of drug-likeness (QED) is 0.657. The molecule has 166 valence electrons. The second-order valence-electron chi connectivity index (χ2n) is 8.53. The summed E-state index contributed by atoms with van der Waals surface area (Å²) < 4.78 is 1.75. The molecule has 2 amide bonds. The van der Waals surface area contributed by atoms with Gasteiger partial charge in [0.2, 0.25) is 11.7 Å². The zero-order valence-corrected chi connectivity index (χ0v) is 18.8. The molecule has 1 aliphatic rings. The highest BCUT2D eigenvalue weighted by Crippen LogP contribution is 2.24. The Labute approximate surface area is 188 Å². The number of aryl methyl sites for hydroxylation is 1. The highest BCUT2D eigenvalue weighted by molar-refractivity contribution is 5.93. The summed E-state index contributed by atoms with van der Waals surface area (Å²) in [6, 6.07) is 17.5. The average molecular weight is 432 g/mol. The third-order valence-electron chi connectivity index (χ3n) is 5.94. The van der Waals surface area contributed by atoms with Gasteiger partial charge in [0.25, 0.3) is 5.91 Å². The van der Waals surface area contributed by atoms with Crippen LogP contribution in [0.2, 0.25) is 0 Å². The number of hydrogen-bond acceptors (Lipinski definition) is 4. The van der Waals surface area contributed by atoms with Gasteiger partial charge in [-0.15, -0.1) is 5.10 Å². The van der Waals surface area contributed by atoms with E-state index in [1.54, 1.807) is 9.58 Å². The van der Waals surface area contributed by atoms with Crippen LogP contribution in [-0.4, -0.2) is 44.6 Å². The van der Waals surface area contributed by atoms with Crippen LogP contribution in [-0.2, 0) is 4.79 Å². The predicted octanol–water partition coefficient (Wildman–Crippen LogP) is 4.19. The molecular weight excluding hydrogens is 402 g/mol. The van der Waals surface area contributed by atoms with Gasteiger partial charge in [-0.05, 0) is 49.4 Å². The van der Waals surface area contributed by atoms with E-state index in [1.807, 2.05) is 55.5 Å². The topological polar surface area (TPSA) is 80.1 Å². The lowest BCUT2D eigenvalue weighted by molar-refractivity contribution is -0.121. The molecule has 0 spiro atoms. The fraction of sp³-hybridized carbons (Fsp3) is 0.360. The first kappa shape index (κ1) is 21.7. The summed E-state index contributed by atoms with van der Waals surface area (Å²) in [6.07, 6.45) is 1.25. The second kappa shape index (κ2) is 9.34. The molecule has 0 radical (unpaired) electrons. The van der Waals surface area contributed by atoms with Crippen LogP contribution in [0.15, 0.2) is 54.6 Å². The third-order valence-corrected chi connectivity index (χ3v) is 5.94. The molecule has 2 aromatic carbocycles. The summed E-state index contributed by atoms with van der Waals surface area (Å²) >= 11 is 0. The van der Waals surface area contributed by atoms with E-state index in [0.717, 1.165) is 16.9 Å². The lowest BCUT2D eigenvalue weighted by atomic mass is 9.95. The molecule has 2 heterocycles. The summed E-state index contributed by atoms with van der Waals surface area (Å²) in [5, 5.41) is 7.50. The number of aromatic nitrogens is 3. The molecule has 7 nitrogen and oxygen atoms in total. The standard InChI is InChI=1S/C25H29N5O2/c1-17(2)21-11-7-8-12-22(21)30-18(3)26-23(28-30)25(32)29-15-13-19(14-16-29)24(31)27-20-9-5-4-6-10-20/h4-12,17,19H,13-16H2,1-3H3,(H,27,31). The number of rotatable bonds is 5. The van der Waals surface area contributed by atoms with Crippen LogP contribution in [0.3, 0.4) is 0 Å². The third kappa shape index (κ3) is 4.56. The number of para-hydroxylation sites is 2. The first-order valence-electron chi connectivity index (χ1n) is 11.1. The Morgan fingerprint density at radius 3 is 2.34 bits per heavy atom. The van der Waals surface area contributed by atoms with Gasteiger partial charge >= 0.3 is 0 Å².